The van der Waals surface area contributed by atoms with Gasteiger partial charge in [-0.3, -0.25) is 0 Å². The Balaban J connectivity index is 1.49. The van der Waals surface area contributed by atoms with Crippen LogP contribution in [0.2, 0.25) is 5.02 Å². The highest BCUT2D eigenvalue weighted by Crippen LogP contribution is 2.31. The highest BCUT2D eigenvalue weighted by atomic mass is 35.5. The van der Waals surface area contributed by atoms with Gasteiger partial charge in [-0.05, 0) is 43.2 Å². The topological polar surface area (TPSA) is 43.0 Å². The number of para-hydroxylation sites is 3. The van der Waals surface area contributed by atoms with Crippen molar-refractivity contribution in [3.63, 3.8) is 0 Å². The molecule has 4 nitrogen and oxygen atoms in total. The third kappa shape index (κ3) is 3.70. The molecule has 5 aromatic rings. The van der Waals surface area contributed by atoms with Crippen molar-refractivity contribution in [3.8, 4) is 0 Å². The summed E-state index contributed by atoms with van der Waals surface area (Å²) in [5, 5.41) is 13.0. The van der Waals surface area contributed by atoms with Crippen LogP contribution in [0.5, 0.6) is 0 Å². The van der Waals surface area contributed by atoms with Crippen LogP contribution in [0.3, 0.4) is 0 Å². The van der Waals surface area contributed by atoms with Crippen LogP contribution in [-0.4, -0.2) is 25.3 Å². The number of imidazole rings is 1. The standard InChI is InChI=1S/C27H26ClN3O/c1-18-19(2)30(27-22(18)11-8-12-23(27)28)16-21(32)17-31-25-14-7-6-13-24(25)29-26(31)15-20-9-4-3-5-10-20/h3-14,21,32H,15-17H2,1-2H3/t21-/m1/s1. The number of rotatable bonds is 6. The fourth-order valence-electron chi connectivity index (χ4n) is 4.61. The van der Waals surface area contributed by atoms with Crippen LogP contribution in [-0.2, 0) is 19.5 Å². The van der Waals surface area contributed by atoms with E-state index < -0.39 is 6.10 Å². The number of aliphatic hydroxyl groups is 1. The first-order valence-electron chi connectivity index (χ1n) is 10.9. The summed E-state index contributed by atoms with van der Waals surface area (Å²) in [6.07, 6.45) is 0.130. The third-order valence-electron chi connectivity index (χ3n) is 6.33. The molecule has 32 heavy (non-hydrogen) atoms. The molecule has 1 N–H and O–H groups in total. The molecule has 162 valence electrons. The first kappa shape index (κ1) is 20.8. The molecule has 5 rings (SSSR count). The Morgan fingerprint density at radius 3 is 2.41 bits per heavy atom. The summed E-state index contributed by atoms with van der Waals surface area (Å²) >= 11 is 6.55. The molecule has 0 spiro atoms. The normalized spacial score (nSPS) is 12.6. The Morgan fingerprint density at radius 2 is 1.59 bits per heavy atom. The lowest BCUT2D eigenvalue weighted by atomic mass is 10.1. The molecular formula is C27H26ClN3O. The maximum atomic E-state index is 11.2. The van der Waals surface area contributed by atoms with Crippen molar-refractivity contribution in [2.75, 3.05) is 0 Å². The molecule has 0 saturated carbocycles. The Kier molecular flexibility index (Phi) is 5.50. The fraction of sp³-hybridized carbons (Fsp3) is 0.222. The largest absolute Gasteiger partial charge is 0.389 e. The van der Waals surface area contributed by atoms with Crippen molar-refractivity contribution in [3.05, 3.63) is 100 Å². The van der Waals surface area contributed by atoms with Crippen molar-refractivity contribution in [2.24, 2.45) is 0 Å². The van der Waals surface area contributed by atoms with Crippen LogP contribution < -0.4 is 0 Å². The van der Waals surface area contributed by atoms with Crippen molar-refractivity contribution in [1.82, 2.24) is 14.1 Å². The zero-order valence-electron chi connectivity index (χ0n) is 18.3. The lowest BCUT2D eigenvalue weighted by Crippen LogP contribution is -2.24. The summed E-state index contributed by atoms with van der Waals surface area (Å²) in [4.78, 5) is 4.88. The summed E-state index contributed by atoms with van der Waals surface area (Å²) in [6.45, 7) is 5.13. The molecular weight excluding hydrogens is 418 g/mol. The second kappa shape index (κ2) is 8.45. The summed E-state index contributed by atoms with van der Waals surface area (Å²) in [7, 11) is 0. The van der Waals surface area contributed by atoms with E-state index >= 15 is 0 Å². The number of benzene rings is 3. The molecule has 3 aromatic carbocycles. The quantitative estimate of drug-likeness (QED) is 0.354. The van der Waals surface area contributed by atoms with Gasteiger partial charge >= 0.3 is 0 Å². The fourth-order valence-corrected chi connectivity index (χ4v) is 4.88. The first-order valence-corrected chi connectivity index (χ1v) is 11.3. The number of aliphatic hydroxyl groups excluding tert-OH is 1. The lowest BCUT2D eigenvalue weighted by Gasteiger charge is -2.18. The smallest absolute Gasteiger partial charge is 0.114 e. The molecule has 0 aliphatic carbocycles. The van der Waals surface area contributed by atoms with E-state index in [1.165, 1.54) is 11.1 Å². The molecule has 0 aliphatic rings. The van der Waals surface area contributed by atoms with Crippen LogP contribution in [0.4, 0.5) is 0 Å². The predicted octanol–water partition coefficient (Wildman–Crippen LogP) is 5.91. The molecule has 0 saturated heterocycles. The van der Waals surface area contributed by atoms with Gasteiger partial charge in [0.1, 0.15) is 5.82 Å². The average molecular weight is 444 g/mol. The van der Waals surface area contributed by atoms with Crippen LogP contribution >= 0.6 is 11.6 Å². The Bertz CT molecular complexity index is 1400. The number of aromatic nitrogens is 3. The Hall–Kier alpha value is -3.08. The number of halogens is 1. The second-order valence-corrected chi connectivity index (χ2v) is 8.81. The molecule has 5 heteroatoms. The van der Waals surface area contributed by atoms with E-state index in [2.05, 4.69) is 47.2 Å². The number of aryl methyl sites for hydroxylation is 1. The van der Waals surface area contributed by atoms with Gasteiger partial charge in [-0.1, -0.05) is 66.2 Å². The van der Waals surface area contributed by atoms with E-state index in [1.807, 2.05) is 48.5 Å². The average Bonchev–Trinajstić information content (AvgIpc) is 3.25. The zero-order valence-corrected chi connectivity index (χ0v) is 19.0. The van der Waals surface area contributed by atoms with Crippen LogP contribution in [0, 0.1) is 13.8 Å². The first-order chi connectivity index (χ1) is 15.5. The van der Waals surface area contributed by atoms with Gasteiger partial charge in [-0.2, -0.15) is 0 Å². The molecule has 0 radical (unpaired) electrons. The summed E-state index contributed by atoms with van der Waals surface area (Å²) in [5.74, 6) is 0.958. The number of hydrogen-bond donors (Lipinski definition) is 1. The number of nitrogens with zero attached hydrogens (tertiary/aromatic N) is 3. The molecule has 2 aromatic heterocycles. The van der Waals surface area contributed by atoms with Crippen LogP contribution in [0.1, 0.15) is 22.6 Å². The summed E-state index contributed by atoms with van der Waals surface area (Å²) in [5.41, 5.74) is 6.52. The van der Waals surface area contributed by atoms with E-state index in [-0.39, 0.29) is 0 Å². The van der Waals surface area contributed by atoms with E-state index in [0.29, 0.717) is 18.1 Å². The molecule has 0 unspecified atom stereocenters. The second-order valence-electron chi connectivity index (χ2n) is 8.40. The monoisotopic (exact) mass is 443 g/mol. The highest BCUT2D eigenvalue weighted by molar-refractivity contribution is 6.35. The van der Waals surface area contributed by atoms with Crippen molar-refractivity contribution in [2.45, 2.75) is 39.5 Å². The van der Waals surface area contributed by atoms with Gasteiger partial charge in [-0.25, -0.2) is 4.98 Å². The minimum absolute atomic E-state index is 0.464. The third-order valence-corrected chi connectivity index (χ3v) is 6.64. The van der Waals surface area contributed by atoms with Gasteiger partial charge in [0.15, 0.2) is 0 Å². The van der Waals surface area contributed by atoms with Crippen molar-refractivity contribution < 1.29 is 5.11 Å². The Labute approximate surface area is 192 Å². The SMILES string of the molecule is Cc1c(C)n(C[C@@H](O)Cn2c(Cc3ccccc3)nc3ccccc32)c2c(Cl)cccc12. The van der Waals surface area contributed by atoms with Gasteiger partial charge < -0.3 is 14.2 Å². The molecule has 0 amide bonds. The van der Waals surface area contributed by atoms with Crippen LogP contribution in [0.15, 0.2) is 72.8 Å². The molecule has 0 aliphatic heterocycles. The van der Waals surface area contributed by atoms with Gasteiger partial charge in [0, 0.05) is 17.5 Å². The minimum atomic E-state index is -0.591. The molecule has 1 atom stereocenters. The van der Waals surface area contributed by atoms with Gasteiger partial charge in [0.25, 0.3) is 0 Å². The van der Waals surface area contributed by atoms with Crippen LogP contribution in [0.25, 0.3) is 21.9 Å². The highest BCUT2D eigenvalue weighted by Gasteiger charge is 2.19. The number of hydrogen-bond acceptors (Lipinski definition) is 2. The Morgan fingerprint density at radius 1 is 0.875 bits per heavy atom. The maximum Gasteiger partial charge on any atom is 0.114 e. The van der Waals surface area contributed by atoms with Crippen molar-refractivity contribution >= 4 is 33.5 Å². The summed E-state index contributed by atoms with van der Waals surface area (Å²) in [6, 6.07) is 24.4. The van der Waals surface area contributed by atoms with Gasteiger partial charge in [-0.15, -0.1) is 0 Å². The molecule has 0 fully saturated rings. The van der Waals surface area contributed by atoms with E-state index in [9.17, 15) is 5.11 Å². The number of fused-ring (bicyclic) bond motifs is 2. The van der Waals surface area contributed by atoms with E-state index in [4.69, 9.17) is 16.6 Å². The van der Waals surface area contributed by atoms with E-state index in [1.54, 1.807) is 0 Å². The zero-order chi connectivity index (χ0) is 22.2. The van der Waals surface area contributed by atoms with Gasteiger partial charge in [0.05, 0.1) is 40.8 Å². The summed E-state index contributed by atoms with van der Waals surface area (Å²) < 4.78 is 4.30. The molecule has 2 heterocycles. The maximum absolute atomic E-state index is 11.2. The van der Waals surface area contributed by atoms with Crippen molar-refractivity contribution in [1.29, 1.82) is 0 Å². The predicted molar refractivity (Wildman–Crippen MR) is 131 cm³/mol. The van der Waals surface area contributed by atoms with E-state index in [0.717, 1.165) is 39.9 Å². The minimum Gasteiger partial charge on any atom is -0.389 e. The van der Waals surface area contributed by atoms with Gasteiger partial charge in [0.2, 0.25) is 0 Å². The molecule has 0 bridgehead atoms. The lowest BCUT2D eigenvalue weighted by molar-refractivity contribution is 0.135.